The molecule has 0 unspecified atom stereocenters. The second-order valence-electron chi connectivity index (χ2n) is 1.73. The Labute approximate surface area is 50.5 Å². The first-order valence-corrected chi connectivity index (χ1v) is 2.60. The zero-order chi connectivity index (χ0) is 6.57. The molecule has 2 heteroatoms. The molecule has 0 saturated carbocycles. The Kier molecular flexibility index (Phi) is 3.24. The first-order chi connectivity index (χ1) is 3.68. The number of hydrogen-bond donors (Lipinski definition) is 0. The molecule has 0 bridgehead atoms. The summed E-state index contributed by atoms with van der Waals surface area (Å²) in [4.78, 5) is 12.0. The number of nitrogens with zero attached hydrogens (tertiary/aromatic N) is 1. The van der Waals surface area contributed by atoms with Gasteiger partial charge in [-0.05, 0) is 13.3 Å². The monoisotopic (exact) mass is 113 g/mol. The van der Waals surface area contributed by atoms with Crippen molar-refractivity contribution in [2.45, 2.75) is 13.3 Å². The Bertz CT molecular complexity index is 80.6. The van der Waals surface area contributed by atoms with Crippen LogP contribution in [0.3, 0.4) is 0 Å². The fourth-order valence-electron chi connectivity index (χ4n) is 0.351. The summed E-state index contributed by atoms with van der Waals surface area (Å²) in [6.45, 7) is 7.34. The summed E-state index contributed by atoms with van der Waals surface area (Å²) in [6.07, 6.45) is 0.538. The second-order valence-corrected chi connectivity index (χ2v) is 1.73. The molecule has 0 aromatic heterocycles. The Balaban J connectivity index is 3.32. The third-order valence-corrected chi connectivity index (χ3v) is 1.00. The summed E-state index contributed by atoms with van der Waals surface area (Å²) in [5.74, 6) is 0.0652. The second kappa shape index (κ2) is 3.47. The van der Waals surface area contributed by atoms with E-state index in [1.165, 1.54) is 6.92 Å². The molecule has 0 saturated heterocycles. The first kappa shape index (κ1) is 7.47. The first-order valence-electron chi connectivity index (χ1n) is 2.60. The minimum Gasteiger partial charge on any atom is -0.346 e. The summed E-state index contributed by atoms with van der Waals surface area (Å²) in [5.41, 5.74) is 0. The van der Waals surface area contributed by atoms with Crippen molar-refractivity contribution in [1.82, 2.24) is 4.90 Å². The number of rotatable bonds is 2. The van der Waals surface area contributed by atoms with Gasteiger partial charge in [0.2, 0.25) is 5.91 Å². The van der Waals surface area contributed by atoms with Gasteiger partial charge in [0.15, 0.2) is 0 Å². The van der Waals surface area contributed by atoms with Gasteiger partial charge in [0.25, 0.3) is 0 Å². The Morgan fingerprint density at radius 3 is 2.38 bits per heavy atom. The van der Waals surface area contributed by atoms with Crippen LogP contribution in [0.25, 0.3) is 0 Å². The van der Waals surface area contributed by atoms with E-state index in [0.717, 1.165) is 0 Å². The van der Waals surface area contributed by atoms with Crippen molar-refractivity contribution in [3.05, 3.63) is 6.92 Å². The summed E-state index contributed by atoms with van der Waals surface area (Å²) in [6, 6.07) is 0. The smallest absolute Gasteiger partial charge is 0.219 e. The highest BCUT2D eigenvalue weighted by atomic mass is 16.2. The van der Waals surface area contributed by atoms with Gasteiger partial charge in [0.1, 0.15) is 0 Å². The average molecular weight is 113 g/mol. The molecule has 2 radical (unpaired) electrons. The molecule has 2 nitrogen and oxygen atoms in total. The predicted molar refractivity (Wildman–Crippen MR) is 32.2 cm³/mol. The van der Waals surface area contributed by atoms with Crippen LogP contribution in [0.15, 0.2) is 0 Å². The quantitative estimate of drug-likeness (QED) is 0.512. The highest BCUT2D eigenvalue weighted by Gasteiger charge is 1.96. The van der Waals surface area contributed by atoms with E-state index in [2.05, 4.69) is 0 Å². The molecule has 0 atom stereocenters. The molecule has 0 aromatic carbocycles. The summed E-state index contributed by atoms with van der Waals surface area (Å²) >= 11 is 0. The van der Waals surface area contributed by atoms with Crippen molar-refractivity contribution < 1.29 is 4.79 Å². The molecule has 0 aliphatic rings. The van der Waals surface area contributed by atoms with Crippen LogP contribution >= 0.6 is 0 Å². The van der Waals surface area contributed by atoms with Crippen LogP contribution < -0.4 is 0 Å². The molecular weight excluding hydrogens is 102 g/mol. The van der Waals surface area contributed by atoms with Crippen molar-refractivity contribution >= 4 is 5.91 Å². The van der Waals surface area contributed by atoms with Crippen molar-refractivity contribution in [2.75, 3.05) is 13.6 Å². The number of carbonyl (C=O) groups is 1. The highest BCUT2D eigenvalue weighted by molar-refractivity contribution is 5.72. The van der Waals surface area contributed by atoms with Crippen molar-refractivity contribution in [3.8, 4) is 0 Å². The molecule has 0 fully saturated rings. The van der Waals surface area contributed by atoms with Gasteiger partial charge in [-0.25, -0.2) is 0 Å². The summed E-state index contributed by atoms with van der Waals surface area (Å²) < 4.78 is 0. The molecule has 0 aromatic rings. The van der Waals surface area contributed by atoms with Crippen LogP contribution in [-0.2, 0) is 4.79 Å². The van der Waals surface area contributed by atoms with Crippen molar-refractivity contribution in [1.29, 1.82) is 0 Å². The van der Waals surface area contributed by atoms with E-state index in [-0.39, 0.29) is 5.91 Å². The molecule has 1 amide bonds. The summed E-state index contributed by atoms with van der Waals surface area (Å²) in [7, 11) is 1.73. The minimum absolute atomic E-state index is 0.0652. The van der Waals surface area contributed by atoms with Crippen LogP contribution in [0.4, 0.5) is 0 Å². The number of carbonyl (C=O) groups excluding carboxylic acids is 1. The molecule has 46 valence electrons. The van der Waals surface area contributed by atoms with E-state index in [1.54, 1.807) is 11.9 Å². The van der Waals surface area contributed by atoms with Crippen LogP contribution in [-0.4, -0.2) is 24.4 Å². The third-order valence-electron chi connectivity index (χ3n) is 1.00. The average Bonchev–Trinajstić information content (AvgIpc) is 1.67. The SMILES string of the molecule is [CH]CCN(C)C(C)=O. The van der Waals surface area contributed by atoms with E-state index in [0.29, 0.717) is 13.0 Å². The number of amides is 1. The molecule has 0 aliphatic carbocycles. The van der Waals surface area contributed by atoms with E-state index < -0.39 is 0 Å². The highest BCUT2D eigenvalue weighted by Crippen LogP contribution is 1.84. The topological polar surface area (TPSA) is 20.3 Å². The molecule has 0 rings (SSSR count). The number of hydrogen-bond acceptors (Lipinski definition) is 1. The van der Waals surface area contributed by atoms with Gasteiger partial charge in [0, 0.05) is 20.5 Å². The van der Waals surface area contributed by atoms with Crippen LogP contribution in [0.2, 0.25) is 0 Å². The lowest BCUT2D eigenvalue weighted by atomic mass is 10.4. The molecule has 0 aliphatic heterocycles. The van der Waals surface area contributed by atoms with Crippen molar-refractivity contribution in [3.63, 3.8) is 0 Å². The van der Waals surface area contributed by atoms with Gasteiger partial charge < -0.3 is 4.90 Å². The van der Waals surface area contributed by atoms with Crippen molar-refractivity contribution in [2.24, 2.45) is 0 Å². The van der Waals surface area contributed by atoms with Crippen LogP contribution in [0.5, 0.6) is 0 Å². The van der Waals surface area contributed by atoms with E-state index >= 15 is 0 Å². The van der Waals surface area contributed by atoms with Gasteiger partial charge in [-0.15, -0.1) is 0 Å². The molecule has 0 spiro atoms. The van der Waals surface area contributed by atoms with Gasteiger partial charge in [-0.3, -0.25) is 4.79 Å². The maximum Gasteiger partial charge on any atom is 0.219 e. The largest absolute Gasteiger partial charge is 0.346 e. The summed E-state index contributed by atoms with van der Waals surface area (Å²) in [5, 5.41) is 0. The fourth-order valence-corrected chi connectivity index (χ4v) is 0.351. The maximum atomic E-state index is 10.4. The Morgan fingerprint density at radius 2 is 2.25 bits per heavy atom. The Hall–Kier alpha value is -0.530. The molecule has 0 N–H and O–H groups in total. The van der Waals surface area contributed by atoms with Crippen LogP contribution in [0.1, 0.15) is 13.3 Å². The maximum absolute atomic E-state index is 10.4. The molecule has 0 heterocycles. The van der Waals surface area contributed by atoms with E-state index in [1.807, 2.05) is 0 Å². The van der Waals surface area contributed by atoms with Gasteiger partial charge in [0.05, 0.1) is 0 Å². The lowest BCUT2D eigenvalue weighted by Gasteiger charge is -2.11. The van der Waals surface area contributed by atoms with Gasteiger partial charge in [-0.2, -0.15) is 0 Å². The molecular formula is C6H11NO. The Morgan fingerprint density at radius 1 is 1.75 bits per heavy atom. The molecule has 8 heavy (non-hydrogen) atoms. The van der Waals surface area contributed by atoms with Gasteiger partial charge in [-0.1, -0.05) is 0 Å². The zero-order valence-electron chi connectivity index (χ0n) is 5.35. The predicted octanol–water partition coefficient (Wildman–Crippen LogP) is 0.566. The van der Waals surface area contributed by atoms with E-state index in [4.69, 9.17) is 6.92 Å². The van der Waals surface area contributed by atoms with Gasteiger partial charge >= 0.3 is 0 Å². The van der Waals surface area contributed by atoms with Crippen LogP contribution in [0, 0.1) is 6.92 Å². The third kappa shape index (κ3) is 2.61. The minimum atomic E-state index is 0.0652. The normalized spacial score (nSPS) is 8.88. The van der Waals surface area contributed by atoms with E-state index in [9.17, 15) is 4.79 Å². The zero-order valence-corrected chi connectivity index (χ0v) is 5.35. The lowest BCUT2D eigenvalue weighted by Crippen LogP contribution is -2.24. The fraction of sp³-hybridized carbons (Fsp3) is 0.667. The standard InChI is InChI=1S/C6H11NO/c1-4-5-7(3)6(2)8/h1H,4-5H2,2-3H3. The lowest BCUT2D eigenvalue weighted by molar-refractivity contribution is -0.127.